The minimum Gasteiger partial charge on any atom is -0.497 e. The van der Waals surface area contributed by atoms with E-state index in [9.17, 15) is 9.90 Å². The number of anilines is 2. The van der Waals surface area contributed by atoms with E-state index in [0.717, 1.165) is 23.5 Å². The van der Waals surface area contributed by atoms with Crippen LogP contribution in [0.15, 0.2) is 48.5 Å². The molecule has 128 valence electrons. The number of para-hydroxylation sites is 1. The smallest absolute Gasteiger partial charge is 0.256 e. The van der Waals surface area contributed by atoms with Crippen LogP contribution in [0.1, 0.15) is 23.7 Å². The molecule has 0 unspecified atom stereocenters. The van der Waals surface area contributed by atoms with Gasteiger partial charge in [0.05, 0.1) is 25.0 Å². The molecule has 2 N–H and O–H groups in total. The van der Waals surface area contributed by atoms with Gasteiger partial charge in [0.1, 0.15) is 5.75 Å². The van der Waals surface area contributed by atoms with Crippen molar-refractivity contribution in [1.82, 2.24) is 4.90 Å². The highest BCUT2D eigenvalue weighted by atomic mass is 16.5. The quantitative estimate of drug-likeness (QED) is 0.780. The first-order chi connectivity index (χ1) is 11.7. The fourth-order valence-electron chi connectivity index (χ4n) is 2.48. The van der Waals surface area contributed by atoms with Crippen LogP contribution in [0.2, 0.25) is 0 Å². The van der Waals surface area contributed by atoms with Crippen molar-refractivity contribution in [1.29, 1.82) is 0 Å². The summed E-state index contributed by atoms with van der Waals surface area (Å²) < 4.78 is 5.15. The molecule has 0 saturated carbocycles. The molecule has 0 aromatic heterocycles. The molecule has 0 radical (unpaired) electrons. The van der Waals surface area contributed by atoms with Crippen LogP contribution in [0.4, 0.5) is 11.4 Å². The van der Waals surface area contributed by atoms with Crippen LogP contribution in [0.3, 0.4) is 0 Å². The van der Waals surface area contributed by atoms with E-state index >= 15 is 0 Å². The molecule has 2 aromatic carbocycles. The van der Waals surface area contributed by atoms with Crippen LogP contribution >= 0.6 is 0 Å². The lowest BCUT2D eigenvalue weighted by atomic mass is 10.1. The summed E-state index contributed by atoms with van der Waals surface area (Å²) in [6.07, 6.45) is 0.847. The minimum absolute atomic E-state index is 0.0418. The van der Waals surface area contributed by atoms with Crippen molar-refractivity contribution >= 4 is 17.3 Å². The number of rotatable bonds is 8. The van der Waals surface area contributed by atoms with Crippen molar-refractivity contribution in [2.45, 2.75) is 13.3 Å². The highest BCUT2D eigenvalue weighted by Gasteiger charge is 2.17. The summed E-state index contributed by atoms with van der Waals surface area (Å²) in [7, 11) is 1.62. The van der Waals surface area contributed by atoms with Gasteiger partial charge in [-0.15, -0.1) is 0 Å². The predicted octanol–water partition coefficient (Wildman–Crippen LogP) is 3.28. The van der Waals surface area contributed by atoms with Gasteiger partial charge in [-0.1, -0.05) is 19.1 Å². The summed E-state index contributed by atoms with van der Waals surface area (Å²) in [6.45, 7) is 2.93. The van der Waals surface area contributed by atoms with Crippen LogP contribution in [0.5, 0.6) is 5.75 Å². The number of nitrogens with one attached hydrogen (secondary N) is 1. The van der Waals surface area contributed by atoms with E-state index in [-0.39, 0.29) is 12.5 Å². The maximum atomic E-state index is 12.8. The van der Waals surface area contributed by atoms with Crippen LogP contribution in [-0.2, 0) is 0 Å². The molecule has 1 amide bonds. The zero-order valence-corrected chi connectivity index (χ0v) is 14.2. The highest BCUT2D eigenvalue weighted by Crippen LogP contribution is 2.24. The monoisotopic (exact) mass is 328 g/mol. The van der Waals surface area contributed by atoms with E-state index in [0.29, 0.717) is 18.7 Å². The summed E-state index contributed by atoms with van der Waals surface area (Å²) in [5, 5.41) is 12.5. The second kappa shape index (κ2) is 8.93. The van der Waals surface area contributed by atoms with Gasteiger partial charge in [-0.25, -0.2) is 0 Å². The summed E-state index contributed by atoms with van der Waals surface area (Å²) >= 11 is 0. The van der Waals surface area contributed by atoms with Crippen molar-refractivity contribution in [3.8, 4) is 5.75 Å². The molecule has 0 fully saturated rings. The van der Waals surface area contributed by atoms with Crippen molar-refractivity contribution in [2.75, 3.05) is 32.1 Å². The first-order valence-electron chi connectivity index (χ1n) is 8.09. The fraction of sp³-hybridized carbons (Fsp3) is 0.316. The van der Waals surface area contributed by atoms with Gasteiger partial charge in [0.15, 0.2) is 0 Å². The van der Waals surface area contributed by atoms with Gasteiger partial charge in [0.2, 0.25) is 0 Å². The second-order valence-corrected chi connectivity index (χ2v) is 5.41. The Bertz CT molecular complexity index is 650. The number of amides is 1. The topological polar surface area (TPSA) is 61.8 Å². The Morgan fingerprint density at radius 2 is 1.83 bits per heavy atom. The Labute approximate surface area is 142 Å². The average molecular weight is 328 g/mol. The van der Waals surface area contributed by atoms with Crippen LogP contribution < -0.4 is 10.1 Å². The third-order valence-electron chi connectivity index (χ3n) is 3.68. The maximum Gasteiger partial charge on any atom is 0.256 e. The third kappa shape index (κ3) is 4.49. The van der Waals surface area contributed by atoms with Crippen LogP contribution in [0, 0.1) is 0 Å². The van der Waals surface area contributed by atoms with Crippen LogP contribution in [-0.4, -0.2) is 42.7 Å². The molecule has 0 bridgehead atoms. The lowest BCUT2D eigenvalue weighted by Crippen LogP contribution is -2.34. The minimum atomic E-state index is -0.0810. The largest absolute Gasteiger partial charge is 0.497 e. The number of carbonyl (C=O) groups is 1. The van der Waals surface area contributed by atoms with E-state index < -0.39 is 0 Å². The molecular weight excluding hydrogens is 304 g/mol. The van der Waals surface area contributed by atoms with E-state index in [2.05, 4.69) is 5.32 Å². The normalized spacial score (nSPS) is 10.3. The van der Waals surface area contributed by atoms with Crippen LogP contribution in [0.25, 0.3) is 0 Å². The summed E-state index contributed by atoms with van der Waals surface area (Å²) in [5.41, 5.74) is 2.21. The number of aliphatic hydroxyl groups excluding tert-OH is 1. The van der Waals surface area contributed by atoms with E-state index in [1.807, 2.05) is 49.4 Å². The molecule has 5 nitrogen and oxygen atoms in total. The third-order valence-corrected chi connectivity index (χ3v) is 3.68. The number of hydrogen-bond donors (Lipinski definition) is 2. The van der Waals surface area contributed by atoms with Crippen molar-refractivity contribution < 1.29 is 14.6 Å². The number of methoxy groups -OCH3 is 1. The Morgan fingerprint density at radius 3 is 2.46 bits per heavy atom. The Kier molecular flexibility index (Phi) is 6.63. The Balaban J connectivity index is 2.23. The molecule has 0 aliphatic heterocycles. The number of benzene rings is 2. The van der Waals surface area contributed by atoms with Gasteiger partial charge in [0.25, 0.3) is 5.91 Å². The van der Waals surface area contributed by atoms with Gasteiger partial charge >= 0.3 is 0 Å². The molecule has 2 aromatic rings. The van der Waals surface area contributed by atoms with Crippen molar-refractivity contribution in [2.24, 2.45) is 0 Å². The van der Waals surface area contributed by atoms with Crippen molar-refractivity contribution in [3.63, 3.8) is 0 Å². The zero-order valence-electron chi connectivity index (χ0n) is 14.2. The SMILES string of the molecule is CCCN(CCO)C(=O)c1ccccc1Nc1ccc(OC)cc1. The fourth-order valence-corrected chi connectivity index (χ4v) is 2.48. The first kappa shape index (κ1) is 17.8. The zero-order chi connectivity index (χ0) is 17.4. The van der Waals surface area contributed by atoms with E-state index in [1.165, 1.54) is 0 Å². The molecule has 0 heterocycles. The molecule has 0 atom stereocenters. The van der Waals surface area contributed by atoms with E-state index in [1.54, 1.807) is 18.1 Å². The van der Waals surface area contributed by atoms with Gasteiger partial charge in [-0.3, -0.25) is 4.79 Å². The van der Waals surface area contributed by atoms with Crippen molar-refractivity contribution in [3.05, 3.63) is 54.1 Å². The number of nitrogens with zero attached hydrogens (tertiary/aromatic N) is 1. The maximum absolute atomic E-state index is 12.8. The standard InChI is InChI=1S/C19H24N2O3/c1-3-12-21(13-14-22)19(23)17-6-4-5-7-18(17)20-15-8-10-16(24-2)11-9-15/h4-11,20,22H,3,12-14H2,1-2H3. The number of hydrogen-bond acceptors (Lipinski definition) is 4. The van der Waals surface area contributed by atoms with E-state index in [4.69, 9.17) is 4.74 Å². The number of ether oxygens (including phenoxy) is 1. The molecule has 0 saturated heterocycles. The molecule has 0 aliphatic carbocycles. The average Bonchev–Trinajstić information content (AvgIpc) is 2.62. The highest BCUT2D eigenvalue weighted by molar-refractivity contribution is 6.00. The molecular formula is C19H24N2O3. The van der Waals surface area contributed by atoms with Gasteiger partial charge in [-0.2, -0.15) is 0 Å². The summed E-state index contributed by atoms with van der Waals surface area (Å²) in [6, 6.07) is 14.9. The lowest BCUT2D eigenvalue weighted by Gasteiger charge is -2.22. The summed E-state index contributed by atoms with van der Waals surface area (Å²) in [5.74, 6) is 0.699. The van der Waals surface area contributed by atoms with Gasteiger partial charge in [-0.05, 0) is 42.8 Å². The molecule has 0 aliphatic rings. The number of aliphatic hydroxyl groups is 1. The summed E-state index contributed by atoms with van der Waals surface area (Å²) in [4.78, 5) is 14.5. The second-order valence-electron chi connectivity index (χ2n) is 5.41. The lowest BCUT2D eigenvalue weighted by molar-refractivity contribution is 0.0723. The molecule has 5 heteroatoms. The Hall–Kier alpha value is -2.53. The molecule has 24 heavy (non-hydrogen) atoms. The van der Waals surface area contributed by atoms with Gasteiger partial charge < -0.3 is 20.1 Å². The van der Waals surface area contributed by atoms with Gasteiger partial charge in [0, 0.05) is 18.8 Å². The molecule has 2 rings (SSSR count). The molecule has 0 spiro atoms. The predicted molar refractivity (Wildman–Crippen MR) is 96.0 cm³/mol. The Morgan fingerprint density at radius 1 is 1.12 bits per heavy atom. The first-order valence-corrected chi connectivity index (χ1v) is 8.09. The number of carbonyl (C=O) groups excluding carboxylic acids is 1.